The highest BCUT2D eigenvalue weighted by Gasteiger charge is 2.48. The van der Waals surface area contributed by atoms with Gasteiger partial charge in [0, 0.05) is 51.4 Å². The molecule has 0 saturated carbocycles. The molecular formula is C20H24N4O4. The SMILES string of the molecule is O=C(c1ccoc1)N1CCC2(CC1)OC(C(=O)N1CCCC1)Cn1ccnc12. The predicted octanol–water partition coefficient (Wildman–Crippen LogP) is 1.63. The van der Waals surface area contributed by atoms with Crippen molar-refractivity contribution in [1.82, 2.24) is 19.4 Å². The molecule has 5 heterocycles. The zero-order chi connectivity index (χ0) is 19.1. The highest BCUT2D eigenvalue weighted by molar-refractivity contribution is 5.93. The van der Waals surface area contributed by atoms with Crippen LogP contribution in [-0.2, 0) is 21.7 Å². The van der Waals surface area contributed by atoms with Crippen LogP contribution in [-0.4, -0.2) is 63.4 Å². The van der Waals surface area contributed by atoms with Crippen molar-refractivity contribution in [3.8, 4) is 0 Å². The van der Waals surface area contributed by atoms with Crippen LogP contribution >= 0.6 is 0 Å². The third kappa shape index (κ3) is 2.83. The second-order valence-corrected chi connectivity index (χ2v) is 7.84. The van der Waals surface area contributed by atoms with E-state index in [0.717, 1.165) is 31.8 Å². The van der Waals surface area contributed by atoms with Crippen molar-refractivity contribution in [2.75, 3.05) is 26.2 Å². The summed E-state index contributed by atoms with van der Waals surface area (Å²) in [4.78, 5) is 33.9. The van der Waals surface area contributed by atoms with Crippen molar-refractivity contribution in [3.63, 3.8) is 0 Å². The number of aromatic nitrogens is 2. The Morgan fingerprint density at radius 1 is 1.11 bits per heavy atom. The highest BCUT2D eigenvalue weighted by Crippen LogP contribution is 2.40. The number of amides is 2. The summed E-state index contributed by atoms with van der Waals surface area (Å²) in [6, 6.07) is 1.68. The van der Waals surface area contributed by atoms with Gasteiger partial charge >= 0.3 is 0 Å². The molecule has 3 aliphatic heterocycles. The smallest absolute Gasteiger partial charge is 0.257 e. The number of nitrogens with zero attached hydrogens (tertiary/aromatic N) is 4. The lowest BCUT2D eigenvalue weighted by molar-refractivity contribution is -0.179. The molecule has 1 spiro atoms. The Kier molecular flexibility index (Phi) is 4.23. The molecule has 28 heavy (non-hydrogen) atoms. The van der Waals surface area contributed by atoms with E-state index in [-0.39, 0.29) is 11.8 Å². The summed E-state index contributed by atoms with van der Waals surface area (Å²) >= 11 is 0. The summed E-state index contributed by atoms with van der Waals surface area (Å²) in [6.07, 6.45) is 9.55. The van der Waals surface area contributed by atoms with Gasteiger partial charge in [0.05, 0.1) is 18.4 Å². The molecule has 2 amide bonds. The molecule has 2 aromatic heterocycles. The van der Waals surface area contributed by atoms with Gasteiger partial charge in [-0.2, -0.15) is 0 Å². The van der Waals surface area contributed by atoms with Crippen LogP contribution in [0.5, 0.6) is 0 Å². The van der Waals surface area contributed by atoms with Crippen LogP contribution in [0.15, 0.2) is 35.4 Å². The highest BCUT2D eigenvalue weighted by atomic mass is 16.5. The van der Waals surface area contributed by atoms with Crippen molar-refractivity contribution in [2.45, 2.75) is 43.9 Å². The molecule has 1 atom stereocenters. The van der Waals surface area contributed by atoms with E-state index in [4.69, 9.17) is 9.15 Å². The van der Waals surface area contributed by atoms with E-state index in [1.54, 1.807) is 12.3 Å². The molecule has 8 heteroatoms. The zero-order valence-corrected chi connectivity index (χ0v) is 15.7. The van der Waals surface area contributed by atoms with E-state index >= 15 is 0 Å². The maximum absolute atomic E-state index is 13.0. The predicted molar refractivity (Wildman–Crippen MR) is 98.4 cm³/mol. The van der Waals surface area contributed by atoms with E-state index in [0.29, 0.717) is 38.0 Å². The number of carbonyl (C=O) groups is 2. The van der Waals surface area contributed by atoms with E-state index in [1.165, 1.54) is 12.5 Å². The summed E-state index contributed by atoms with van der Waals surface area (Å²) in [7, 11) is 0. The molecule has 148 valence electrons. The first-order valence-corrected chi connectivity index (χ1v) is 9.96. The molecule has 0 bridgehead atoms. The molecule has 0 aliphatic carbocycles. The van der Waals surface area contributed by atoms with Crippen LogP contribution in [0.4, 0.5) is 0 Å². The fourth-order valence-electron chi connectivity index (χ4n) is 4.65. The number of fused-ring (bicyclic) bond motifs is 2. The van der Waals surface area contributed by atoms with Crippen molar-refractivity contribution in [3.05, 3.63) is 42.4 Å². The molecule has 0 N–H and O–H groups in total. The molecular weight excluding hydrogens is 360 g/mol. The van der Waals surface area contributed by atoms with Crippen molar-refractivity contribution in [1.29, 1.82) is 0 Å². The lowest BCUT2D eigenvalue weighted by Gasteiger charge is -2.46. The molecule has 2 aromatic rings. The Morgan fingerprint density at radius 2 is 1.89 bits per heavy atom. The number of ether oxygens (including phenoxy) is 1. The average molecular weight is 384 g/mol. The zero-order valence-electron chi connectivity index (χ0n) is 15.7. The molecule has 5 rings (SSSR count). The maximum Gasteiger partial charge on any atom is 0.257 e. The molecule has 2 fully saturated rings. The Morgan fingerprint density at radius 3 is 2.61 bits per heavy atom. The molecule has 8 nitrogen and oxygen atoms in total. The minimum atomic E-state index is -0.616. The minimum absolute atomic E-state index is 0.0348. The summed E-state index contributed by atoms with van der Waals surface area (Å²) in [5.41, 5.74) is -0.0567. The summed E-state index contributed by atoms with van der Waals surface area (Å²) in [5, 5.41) is 0. The Bertz CT molecular complexity index is 861. The van der Waals surface area contributed by atoms with Gasteiger partial charge in [-0.1, -0.05) is 0 Å². The topological polar surface area (TPSA) is 80.8 Å². The van der Waals surface area contributed by atoms with Gasteiger partial charge in [-0.05, 0) is 18.9 Å². The molecule has 0 aromatic carbocycles. The van der Waals surface area contributed by atoms with E-state index in [9.17, 15) is 9.59 Å². The van der Waals surface area contributed by atoms with Gasteiger partial charge in [0.15, 0.2) is 6.10 Å². The lowest BCUT2D eigenvalue weighted by Crippen LogP contribution is -2.55. The average Bonchev–Trinajstić information content (AvgIpc) is 3.50. The fourth-order valence-corrected chi connectivity index (χ4v) is 4.65. The van der Waals surface area contributed by atoms with Gasteiger partial charge < -0.3 is 23.5 Å². The first kappa shape index (κ1) is 17.5. The number of carbonyl (C=O) groups excluding carboxylic acids is 2. The number of hydrogen-bond acceptors (Lipinski definition) is 5. The van der Waals surface area contributed by atoms with Crippen LogP contribution in [0.2, 0.25) is 0 Å². The van der Waals surface area contributed by atoms with Crippen LogP contribution < -0.4 is 0 Å². The summed E-state index contributed by atoms with van der Waals surface area (Å²) in [5.74, 6) is 0.911. The standard InChI is InChI=1S/C20H24N4O4/c25-17(15-3-12-27-14-15)23-9-4-20(5-10-23)19-21-6-11-24(19)13-16(28-20)18(26)22-7-1-2-8-22/h3,6,11-12,14,16H,1-2,4-5,7-10,13H2. The van der Waals surface area contributed by atoms with E-state index < -0.39 is 11.7 Å². The third-order valence-electron chi connectivity index (χ3n) is 6.17. The van der Waals surface area contributed by atoms with Crippen molar-refractivity contribution < 1.29 is 18.7 Å². The minimum Gasteiger partial charge on any atom is -0.472 e. The lowest BCUT2D eigenvalue weighted by atomic mass is 9.88. The van der Waals surface area contributed by atoms with Crippen LogP contribution in [0.25, 0.3) is 0 Å². The number of hydrogen-bond donors (Lipinski definition) is 0. The monoisotopic (exact) mass is 384 g/mol. The second-order valence-electron chi connectivity index (χ2n) is 7.84. The number of piperidine rings is 1. The second kappa shape index (κ2) is 6.77. The molecule has 3 aliphatic rings. The molecule has 0 radical (unpaired) electrons. The van der Waals surface area contributed by atoms with Gasteiger partial charge in [0.1, 0.15) is 17.7 Å². The number of likely N-dealkylation sites (tertiary alicyclic amines) is 2. The van der Waals surface area contributed by atoms with Crippen LogP contribution in [0.1, 0.15) is 41.9 Å². The Labute approximate surface area is 163 Å². The van der Waals surface area contributed by atoms with Gasteiger partial charge in [-0.3, -0.25) is 9.59 Å². The largest absolute Gasteiger partial charge is 0.472 e. The van der Waals surface area contributed by atoms with Gasteiger partial charge in [0.2, 0.25) is 0 Å². The summed E-state index contributed by atoms with van der Waals surface area (Å²) < 4.78 is 13.5. The Balaban J connectivity index is 1.35. The number of rotatable bonds is 2. The first-order chi connectivity index (χ1) is 13.7. The first-order valence-electron chi connectivity index (χ1n) is 9.96. The van der Waals surface area contributed by atoms with Crippen molar-refractivity contribution in [2.24, 2.45) is 0 Å². The maximum atomic E-state index is 13.0. The Hall–Kier alpha value is -2.61. The molecule has 2 saturated heterocycles. The fraction of sp³-hybridized carbons (Fsp3) is 0.550. The quantitative estimate of drug-likeness (QED) is 0.786. The summed E-state index contributed by atoms with van der Waals surface area (Å²) in [6.45, 7) is 3.25. The van der Waals surface area contributed by atoms with Crippen molar-refractivity contribution >= 4 is 11.8 Å². The van der Waals surface area contributed by atoms with E-state index in [1.807, 2.05) is 16.0 Å². The van der Waals surface area contributed by atoms with Gasteiger partial charge in [-0.25, -0.2) is 4.98 Å². The third-order valence-corrected chi connectivity index (χ3v) is 6.17. The number of imidazole rings is 1. The number of furan rings is 1. The van der Waals surface area contributed by atoms with Crippen LogP contribution in [0, 0.1) is 0 Å². The van der Waals surface area contributed by atoms with E-state index in [2.05, 4.69) is 9.55 Å². The normalized spacial score (nSPS) is 23.8. The molecule has 1 unspecified atom stereocenters. The van der Waals surface area contributed by atoms with Gasteiger partial charge in [0.25, 0.3) is 11.8 Å². The van der Waals surface area contributed by atoms with Crippen LogP contribution in [0.3, 0.4) is 0 Å². The van der Waals surface area contributed by atoms with Gasteiger partial charge in [-0.15, -0.1) is 0 Å².